The third-order valence-corrected chi connectivity index (χ3v) is 7.33. The lowest BCUT2D eigenvalue weighted by atomic mass is 9.78. The molecule has 0 unspecified atom stereocenters. The van der Waals surface area contributed by atoms with Gasteiger partial charge in [-0.05, 0) is 71.6 Å². The maximum atomic E-state index is 6.66. The van der Waals surface area contributed by atoms with Gasteiger partial charge in [0.1, 0.15) is 0 Å². The molecule has 0 bridgehead atoms. The summed E-state index contributed by atoms with van der Waals surface area (Å²) in [5.74, 6) is 2.04. The number of rotatable bonds is 6. The van der Waals surface area contributed by atoms with E-state index in [2.05, 4.69) is 121 Å². The molecular formula is C34H57AlO3. The van der Waals surface area contributed by atoms with Crippen LogP contribution in [-0.4, -0.2) is 29.1 Å². The second kappa shape index (κ2) is 13.3. The van der Waals surface area contributed by atoms with Crippen LogP contribution in [0.3, 0.4) is 0 Å². The molecule has 0 amide bonds. The highest BCUT2D eigenvalue weighted by Gasteiger charge is 2.30. The molecular weight excluding hydrogens is 483 g/mol. The van der Waals surface area contributed by atoms with Crippen molar-refractivity contribution in [1.29, 1.82) is 0 Å². The van der Waals surface area contributed by atoms with Gasteiger partial charge < -0.3 is 12.3 Å². The van der Waals surface area contributed by atoms with Crippen molar-refractivity contribution in [2.24, 2.45) is 0 Å². The summed E-state index contributed by atoms with van der Waals surface area (Å²) in [7, 11) is 0. The van der Waals surface area contributed by atoms with Crippen molar-refractivity contribution in [3.63, 3.8) is 0 Å². The summed E-state index contributed by atoms with van der Waals surface area (Å²) in [5, 5.41) is 0. The average molecular weight is 541 g/mol. The minimum atomic E-state index is -1.33. The van der Waals surface area contributed by atoms with E-state index in [9.17, 15) is 0 Å². The lowest BCUT2D eigenvalue weighted by Crippen LogP contribution is -2.25. The van der Waals surface area contributed by atoms with Crippen LogP contribution in [0.25, 0.3) is 0 Å². The predicted molar refractivity (Wildman–Crippen MR) is 168 cm³/mol. The van der Waals surface area contributed by atoms with Gasteiger partial charge in [-0.3, -0.25) is 0 Å². The summed E-state index contributed by atoms with van der Waals surface area (Å²) in [5.41, 5.74) is 7.59. The Balaban J connectivity index is 0.00000132. The van der Waals surface area contributed by atoms with Gasteiger partial charge in [-0.2, -0.15) is 0 Å². The van der Waals surface area contributed by atoms with Crippen molar-refractivity contribution in [2.45, 2.75) is 132 Å². The normalized spacial score (nSPS) is 12.5. The highest BCUT2D eigenvalue weighted by atomic mass is 27.2. The maximum absolute atomic E-state index is 6.66. The maximum Gasteiger partial charge on any atom is 0.832 e. The summed E-state index contributed by atoms with van der Waals surface area (Å²) in [6.45, 7) is 37.2. The van der Waals surface area contributed by atoms with E-state index in [0.29, 0.717) is 0 Å². The fraction of sp³-hybridized carbons (Fsp3) is 0.647. The number of benzene rings is 2. The van der Waals surface area contributed by atoms with Crippen molar-refractivity contribution >= 4 is 15.9 Å². The molecule has 214 valence electrons. The molecule has 0 fully saturated rings. The molecule has 0 spiro atoms. The highest BCUT2D eigenvalue weighted by Crippen LogP contribution is 2.42. The first-order valence-corrected chi connectivity index (χ1v) is 15.4. The first-order valence-electron chi connectivity index (χ1n) is 14.3. The Morgan fingerprint density at radius 2 is 0.737 bits per heavy atom. The van der Waals surface area contributed by atoms with E-state index in [-0.39, 0.29) is 21.7 Å². The SMILES string of the molecule is CCOCC.Cc1cc(C(C)(C)C)c([O][AlH][O]c2c(C(C)(C)C)cc(C)cc2C(C)(C)C)c(C(C)(C)C)c1. The molecule has 0 aliphatic heterocycles. The molecule has 0 atom stereocenters. The van der Waals surface area contributed by atoms with Gasteiger partial charge in [-0.1, -0.05) is 118 Å². The first-order chi connectivity index (χ1) is 17.1. The molecule has 0 aliphatic carbocycles. The summed E-state index contributed by atoms with van der Waals surface area (Å²) in [6.07, 6.45) is 0. The zero-order valence-electron chi connectivity index (χ0n) is 27.7. The number of ether oxygens (including phenoxy) is 1. The van der Waals surface area contributed by atoms with Gasteiger partial charge in [0.25, 0.3) is 0 Å². The summed E-state index contributed by atoms with van der Waals surface area (Å²) in [6, 6.07) is 9.13. The third kappa shape index (κ3) is 9.93. The Morgan fingerprint density at radius 3 is 0.895 bits per heavy atom. The Morgan fingerprint density at radius 1 is 0.500 bits per heavy atom. The summed E-state index contributed by atoms with van der Waals surface area (Å²) >= 11 is -1.33. The van der Waals surface area contributed by atoms with Crippen LogP contribution in [0, 0.1) is 13.8 Å². The van der Waals surface area contributed by atoms with Crippen molar-refractivity contribution in [2.75, 3.05) is 13.2 Å². The zero-order chi connectivity index (χ0) is 29.7. The minimum absolute atomic E-state index is 0.00719. The molecule has 38 heavy (non-hydrogen) atoms. The van der Waals surface area contributed by atoms with E-state index >= 15 is 0 Å². The van der Waals surface area contributed by atoms with E-state index in [1.807, 2.05) is 13.8 Å². The van der Waals surface area contributed by atoms with Crippen LogP contribution >= 0.6 is 0 Å². The Kier molecular flexibility index (Phi) is 12.1. The van der Waals surface area contributed by atoms with Crippen LogP contribution in [0.15, 0.2) is 24.3 Å². The predicted octanol–water partition coefficient (Wildman–Crippen LogP) is 9.26. The van der Waals surface area contributed by atoms with Crippen molar-refractivity contribution < 1.29 is 12.3 Å². The van der Waals surface area contributed by atoms with E-state index in [4.69, 9.17) is 12.3 Å². The van der Waals surface area contributed by atoms with Crippen molar-refractivity contribution in [3.05, 3.63) is 57.6 Å². The molecule has 0 aromatic heterocycles. The molecule has 2 rings (SSSR count). The Bertz CT molecular complexity index is 888. The average Bonchev–Trinajstić information content (AvgIpc) is 2.73. The van der Waals surface area contributed by atoms with E-state index < -0.39 is 15.9 Å². The first kappa shape index (κ1) is 34.6. The molecule has 0 N–H and O–H groups in total. The Labute approximate surface area is 242 Å². The molecule has 3 nitrogen and oxygen atoms in total. The van der Waals surface area contributed by atoms with Gasteiger partial charge in [-0.15, -0.1) is 0 Å². The fourth-order valence-corrected chi connectivity index (χ4v) is 5.35. The second-order valence-electron chi connectivity index (χ2n) is 14.6. The fourth-order valence-electron chi connectivity index (χ4n) is 4.44. The molecule has 0 heterocycles. The quantitative estimate of drug-likeness (QED) is 0.342. The molecule has 0 saturated heterocycles. The van der Waals surface area contributed by atoms with Crippen LogP contribution < -0.4 is 7.58 Å². The third-order valence-electron chi connectivity index (χ3n) is 6.51. The number of aryl methyl sites for hydroxylation is 2. The largest absolute Gasteiger partial charge is 0.832 e. The Hall–Kier alpha value is -1.47. The molecule has 0 radical (unpaired) electrons. The number of hydrogen-bond acceptors (Lipinski definition) is 3. The second-order valence-corrected chi connectivity index (χ2v) is 15.4. The van der Waals surface area contributed by atoms with Crippen LogP contribution in [0.1, 0.15) is 130 Å². The molecule has 4 heteroatoms. The minimum Gasteiger partial charge on any atom is -0.614 e. The topological polar surface area (TPSA) is 27.7 Å². The van der Waals surface area contributed by atoms with E-state index in [1.54, 1.807) is 0 Å². The molecule has 0 aliphatic rings. The van der Waals surface area contributed by atoms with E-state index in [1.165, 1.54) is 33.4 Å². The van der Waals surface area contributed by atoms with Crippen LogP contribution in [0.4, 0.5) is 0 Å². The monoisotopic (exact) mass is 540 g/mol. The van der Waals surface area contributed by atoms with Crippen LogP contribution in [-0.2, 0) is 26.4 Å². The van der Waals surface area contributed by atoms with E-state index in [0.717, 1.165) is 24.7 Å². The van der Waals surface area contributed by atoms with Gasteiger partial charge in [-0.25, -0.2) is 0 Å². The summed E-state index contributed by atoms with van der Waals surface area (Å²) in [4.78, 5) is 0. The number of hydrogen-bond donors (Lipinski definition) is 0. The van der Waals surface area contributed by atoms with Gasteiger partial charge >= 0.3 is 15.9 Å². The van der Waals surface area contributed by atoms with Crippen molar-refractivity contribution in [3.8, 4) is 11.5 Å². The highest BCUT2D eigenvalue weighted by molar-refractivity contribution is 6.21. The van der Waals surface area contributed by atoms with Crippen molar-refractivity contribution in [1.82, 2.24) is 0 Å². The van der Waals surface area contributed by atoms with Crippen LogP contribution in [0.2, 0.25) is 0 Å². The van der Waals surface area contributed by atoms with Gasteiger partial charge in [0.2, 0.25) is 0 Å². The van der Waals surface area contributed by atoms with Gasteiger partial charge in [0.05, 0.1) is 11.5 Å². The molecule has 2 aromatic rings. The smallest absolute Gasteiger partial charge is 0.614 e. The standard InChI is InChI=1S/2C15H24O.C4H10O.Al.H/c2*1-10-8-11(14(2,3)4)13(16)12(9-10)15(5,6)7;1-3-5-4-2;;/h2*8-9,16H,1-7H3;3-4H2,1-2H3;;/q;;;+2;/p-2. The summed E-state index contributed by atoms with van der Waals surface area (Å²) < 4.78 is 18.2. The van der Waals surface area contributed by atoms with Gasteiger partial charge in [0.15, 0.2) is 0 Å². The lowest BCUT2D eigenvalue weighted by molar-refractivity contribution is 0.162. The lowest BCUT2D eigenvalue weighted by Gasteiger charge is -2.33. The molecule has 2 aromatic carbocycles. The zero-order valence-corrected chi connectivity index (χ0v) is 29.1. The van der Waals surface area contributed by atoms with Gasteiger partial charge in [0, 0.05) is 13.2 Å². The molecule has 0 saturated carbocycles. The van der Waals surface area contributed by atoms with Crippen LogP contribution in [0.5, 0.6) is 11.5 Å².